The van der Waals surface area contributed by atoms with Crippen LogP contribution < -0.4 is 5.32 Å². The molecule has 0 aromatic carbocycles. The lowest BCUT2D eigenvalue weighted by Crippen LogP contribution is -2.06. The lowest BCUT2D eigenvalue weighted by Gasteiger charge is -2.07. The number of aryl methyl sites for hydroxylation is 1. The molecule has 0 spiro atoms. The number of nitrogens with one attached hydrogen (secondary N) is 1. The monoisotopic (exact) mass is 289 g/mol. The van der Waals surface area contributed by atoms with Crippen molar-refractivity contribution in [3.05, 3.63) is 11.9 Å². The molecule has 0 aliphatic heterocycles. The topological polar surface area (TPSA) is 72.0 Å². The van der Waals surface area contributed by atoms with Crippen LogP contribution in [-0.4, -0.2) is 42.7 Å². The molecule has 5 nitrogen and oxygen atoms in total. The van der Waals surface area contributed by atoms with E-state index in [1.165, 1.54) is 18.0 Å². The van der Waals surface area contributed by atoms with E-state index in [4.69, 9.17) is 0 Å². The van der Waals surface area contributed by atoms with Crippen molar-refractivity contribution in [1.29, 1.82) is 0 Å². The van der Waals surface area contributed by atoms with Crippen molar-refractivity contribution in [1.82, 2.24) is 9.97 Å². The second-order valence-electron chi connectivity index (χ2n) is 4.04. The van der Waals surface area contributed by atoms with Crippen molar-refractivity contribution in [2.45, 2.75) is 25.3 Å². The van der Waals surface area contributed by atoms with Gasteiger partial charge in [0.2, 0.25) is 0 Å². The van der Waals surface area contributed by atoms with E-state index in [-0.39, 0.29) is 5.75 Å². The third kappa shape index (κ3) is 6.20. The highest BCUT2D eigenvalue weighted by Gasteiger charge is 2.05. The molecule has 1 heterocycles. The molecule has 0 atom stereocenters. The van der Waals surface area contributed by atoms with Gasteiger partial charge in [0, 0.05) is 24.6 Å². The molecule has 18 heavy (non-hydrogen) atoms. The minimum Gasteiger partial charge on any atom is -0.370 e. The van der Waals surface area contributed by atoms with E-state index in [1.54, 1.807) is 0 Å². The Kier molecular flexibility index (Phi) is 5.87. The fraction of sp³-hybridized carbons (Fsp3) is 0.636. The summed E-state index contributed by atoms with van der Waals surface area (Å²) in [5, 5.41) is 4.01. The Hall–Kier alpha value is -0.820. The van der Waals surface area contributed by atoms with Gasteiger partial charge in [0.1, 0.15) is 26.5 Å². The summed E-state index contributed by atoms with van der Waals surface area (Å²) in [7, 11) is -2.91. The lowest BCUT2D eigenvalue weighted by molar-refractivity contribution is 0.603. The second kappa shape index (κ2) is 6.94. The summed E-state index contributed by atoms with van der Waals surface area (Å²) in [4.78, 5) is 8.55. The minimum atomic E-state index is -2.91. The third-order valence-corrected chi connectivity index (χ3v) is 4.19. The fourth-order valence-corrected chi connectivity index (χ4v) is 3.40. The SMILES string of the molecule is CCCNc1cc(SCCS(C)(=O)=O)nc(C)n1. The molecule has 0 saturated heterocycles. The average molecular weight is 289 g/mol. The van der Waals surface area contributed by atoms with Crippen LogP contribution in [0.2, 0.25) is 0 Å². The van der Waals surface area contributed by atoms with Gasteiger partial charge in [-0.05, 0) is 13.3 Å². The van der Waals surface area contributed by atoms with Gasteiger partial charge in [0.15, 0.2) is 0 Å². The third-order valence-electron chi connectivity index (χ3n) is 2.07. The van der Waals surface area contributed by atoms with E-state index in [1.807, 2.05) is 13.0 Å². The Morgan fingerprint density at radius 3 is 2.72 bits per heavy atom. The Bertz CT molecular complexity index is 489. The molecule has 1 N–H and O–H groups in total. The van der Waals surface area contributed by atoms with E-state index in [0.717, 1.165) is 23.8 Å². The van der Waals surface area contributed by atoms with Gasteiger partial charge in [-0.15, -0.1) is 11.8 Å². The van der Waals surface area contributed by atoms with Crippen molar-refractivity contribution in [2.75, 3.05) is 29.6 Å². The molecule has 0 radical (unpaired) electrons. The standard InChI is InChI=1S/C11H19N3O2S2/c1-4-5-12-10-8-11(14-9(2)13-10)17-6-7-18(3,15)16/h8H,4-7H2,1-3H3,(H,12,13,14). The first-order valence-corrected chi connectivity index (χ1v) is 8.85. The Morgan fingerprint density at radius 1 is 1.39 bits per heavy atom. The first-order valence-electron chi connectivity index (χ1n) is 5.81. The van der Waals surface area contributed by atoms with Crippen molar-refractivity contribution < 1.29 is 8.42 Å². The second-order valence-corrected chi connectivity index (χ2v) is 7.42. The van der Waals surface area contributed by atoms with Crippen LogP contribution in [0.3, 0.4) is 0 Å². The zero-order valence-electron chi connectivity index (χ0n) is 10.9. The highest BCUT2D eigenvalue weighted by atomic mass is 32.2. The van der Waals surface area contributed by atoms with E-state index in [0.29, 0.717) is 11.6 Å². The van der Waals surface area contributed by atoms with Crippen LogP contribution in [0.4, 0.5) is 5.82 Å². The molecule has 0 aliphatic rings. The predicted molar refractivity (Wildman–Crippen MR) is 76.0 cm³/mol. The first kappa shape index (κ1) is 15.2. The summed E-state index contributed by atoms with van der Waals surface area (Å²) in [6.45, 7) is 4.78. The van der Waals surface area contributed by atoms with E-state index in [2.05, 4.69) is 22.2 Å². The number of rotatable bonds is 7. The van der Waals surface area contributed by atoms with E-state index < -0.39 is 9.84 Å². The molecule has 1 aromatic heterocycles. The predicted octanol–water partition coefficient (Wildman–Crippen LogP) is 1.74. The van der Waals surface area contributed by atoms with Gasteiger partial charge in [-0.25, -0.2) is 18.4 Å². The largest absolute Gasteiger partial charge is 0.370 e. The summed E-state index contributed by atoms with van der Waals surface area (Å²) < 4.78 is 22.1. The molecule has 0 amide bonds. The summed E-state index contributed by atoms with van der Waals surface area (Å²) in [6.07, 6.45) is 2.27. The van der Waals surface area contributed by atoms with Crippen LogP contribution >= 0.6 is 11.8 Å². The molecule has 0 fully saturated rings. The number of hydrogen-bond donors (Lipinski definition) is 1. The van der Waals surface area contributed by atoms with Gasteiger partial charge in [-0.2, -0.15) is 0 Å². The van der Waals surface area contributed by atoms with Crippen LogP contribution in [0.1, 0.15) is 19.2 Å². The Morgan fingerprint density at radius 2 is 2.11 bits per heavy atom. The van der Waals surface area contributed by atoms with Crippen LogP contribution in [0.5, 0.6) is 0 Å². The zero-order valence-corrected chi connectivity index (χ0v) is 12.6. The normalized spacial score (nSPS) is 11.5. The highest BCUT2D eigenvalue weighted by molar-refractivity contribution is 8.00. The van der Waals surface area contributed by atoms with Gasteiger partial charge in [0.25, 0.3) is 0 Å². The van der Waals surface area contributed by atoms with Gasteiger partial charge in [-0.1, -0.05) is 6.92 Å². The van der Waals surface area contributed by atoms with Crippen LogP contribution in [-0.2, 0) is 9.84 Å². The van der Waals surface area contributed by atoms with Crippen LogP contribution in [0, 0.1) is 6.92 Å². The molecule has 1 rings (SSSR count). The van der Waals surface area contributed by atoms with Crippen molar-refractivity contribution >= 4 is 27.4 Å². The zero-order chi connectivity index (χ0) is 13.6. The molecule has 0 unspecified atom stereocenters. The maximum Gasteiger partial charge on any atom is 0.148 e. The number of anilines is 1. The summed E-state index contributed by atoms with van der Waals surface area (Å²) in [5.74, 6) is 2.17. The van der Waals surface area contributed by atoms with Gasteiger partial charge < -0.3 is 5.32 Å². The number of sulfone groups is 1. The number of hydrogen-bond acceptors (Lipinski definition) is 6. The number of nitrogens with zero attached hydrogens (tertiary/aromatic N) is 2. The summed E-state index contributed by atoms with van der Waals surface area (Å²) in [6, 6.07) is 1.86. The molecule has 0 aliphatic carbocycles. The van der Waals surface area contributed by atoms with Crippen molar-refractivity contribution in [2.24, 2.45) is 0 Å². The van der Waals surface area contributed by atoms with Crippen molar-refractivity contribution in [3.8, 4) is 0 Å². The number of thioether (sulfide) groups is 1. The van der Waals surface area contributed by atoms with Crippen LogP contribution in [0.25, 0.3) is 0 Å². The summed E-state index contributed by atoms with van der Waals surface area (Å²) in [5.41, 5.74) is 0. The molecule has 102 valence electrons. The van der Waals surface area contributed by atoms with Gasteiger partial charge in [0.05, 0.1) is 5.75 Å². The Balaban J connectivity index is 2.62. The fourth-order valence-electron chi connectivity index (χ4n) is 1.26. The molecular weight excluding hydrogens is 270 g/mol. The first-order chi connectivity index (χ1) is 8.40. The maximum absolute atomic E-state index is 11.0. The molecule has 7 heteroatoms. The summed E-state index contributed by atoms with van der Waals surface area (Å²) >= 11 is 1.44. The average Bonchev–Trinajstić information content (AvgIpc) is 2.24. The Labute approximate surface area is 113 Å². The molecular formula is C11H19N3O2S2. The van der Waals surface area contributed by atoms with E-state index >= 15 is 0 Å². The molecule has 0 bridgehead atoms. The molecule has 0 saturated carbocycles. The lowest BCUT2D eigenvalue weighted by atomic mass is 10.4. The number of aromatic nitrogens is 2. The smallest absolute Gasteiger partial charge is 0.148 e. The highest BCUT2D eigenvalue weighted by Crippen LogP contribution is 2.18. The molecule has 1 aromatic rings. The van der Waals surface area contributed by atoms with Gasteiger partial charge >= 0.3 is 0 Å². The van der Waals surface area contributed by atoms with Gasteiger partial charge in [-0.3, -0.25) is 0 Å². The maximum atomic E-state index is 11.0. The van der Waals surface area contributed by atoms with Crippen LogP contribution in [0.15, 0.2) is 11.1 Å². The van der Waals surface area contributed by atoms with Crippen molar-refractivity contribution in [3.63, 3.8) is 0 Å². The quantitative estimate of drug-likeness (QED) is 0.609. The minimum absolute atomic E-state index is 0.165. The van der Waals surface area contributed by atoms with E-state index in [9.17, 15) is 8.42 Å².